The molecule has 2 heterocycles. The van der Waals surface area contributed by atoms with E-state index in [4.69, 9.17) is 18.3 Å². The zero-order valence-electron chi connectivity index (χ0n) is 17.4. The second-order valence-corrected chi connectivity index (χ2v) is 6.90. The first-order chi connectivity index (χ1) is 15.3. The summed E-state index contributed by atoms with van der Waals surface area (Å²) in [5, 5.41) is 2.53. The molecule has 0 atom stereocenters. The summed E-state index contributed by atoms with van der Waals surface area (Å²) in [7, 11) is 1.48. The number of ether oxygens (including phenoxy) is 2. The van der Waals surface area contributed by atoms with E-state index in [1.165, 1.54) is 25.7 Å². The number of halogens is 3. The van der Waals surface area contributed by atoms with E-state index in [0.29, 0.717) is 24.6 Å². The highest BCUT2D eigenvalue weighted by Gasteiger charge is 2.31. The number of alkyl halides is 3. The topological polar surface area (TPSA) is 77.1 Å². The Morgan fingerprint density at radius 3 is 2.22 bits per heavy atom. The Hall–Kier alpha value is -3.24. The SMILES string of the molecule is COCCOc1ccc(C(F)(F)F)cc1NC(=O)CN(Cc1ccco1)Cc1ccco1. The van der Waals surface area contributed by atoms with Crippen molar-refractivity contribution in [3.8, 4) is 5.75 Å². The molecule has 0 saturated heterocycles. The molecule has 1 aromatic carbocycles. The van der Waals surface area contributed by atoms with Crippen LogP contribution in [-0.2, 0) is 28.8 Å². The molecule has 0 unspecified atom stereocenters. The molecule has 3 rings (SSSR count). The van der Waals surface area contributed by atoms with Crippen molar-refractivity contribution >= 4 is 11.6 Å². The number of rotatable bonds is 11. The molecular formula is C22H23F3N2O5. The Bertz CT molecular complexity index is 936. The van der Waals surface area contributed by atoms with Gasteiger partial charge in [0.25, 0.3) is 0 Å². The molecule has 1 N–H and O–H groups in total. The molecule has 2 aromatic heterocycles. The summed E-state index contributed by atoms with van der Waals surface area (Å²) >= 11 is 0. The number of methoxy groups -OCH3 is 1. The van der Waals surface area contributed by atoms with Crippen molar-refractivity contribution in [2.75, 3.05) is 32.2 Å². The minimum absolute atomic E-state index is 0.0723. The van der Waals surface area contributed by atoms with Crippen molar-refractivity contribution in [2.24, 2.45) is 0 Å². The third-order valence-electron chi connectivity index (χ3n) is 4.41. The molecule has 10 heteroatoms. The maximum absolute atomic E-state index is 13.2. The van der Waals surface area contributed by atoms with Crippen LogP contribution >= 0.6 is 0 Å². The van der Waals surface area contributed by atoms with Crippen LogP contribution in [-0.4, -0.2) is 37.7 Å². The van der Waals surface area contributed by atoms with Gasteiger partial charge in [0.2, 0.25) is 5.91 Å². The van der Waals surface area contributed by atoms with Crippen molar-refractivity contribution in [3.05, 3.63) is 72.1 Å². The maximum atomic E-state index is 13.2. The fraction of sp³-hybridized carbons (Fsp3) is 0.318. The fourth-order valence-corrected chi connectivity index (χ4v) is 2.97. The predicted octanol–water partition coefficient (Wildman–Crippen LogP) is 4.56. The van der Waals surface area contributed by atoms with Gasteiger partial charge in [-0.25, -0.2) is 0 Å². The number of carbonyl (C=O) groups is 1. The Balaban J connectivity index is 1.74. The summed E-state index contributed by atoms with van der Waals surface area (Å²) in [6.07, 6.45) is -1.52. The molecule has 0 fully saturated rings. The van der Waals surface area contributed by atoms with E-state index in [9.17, 15) is 18.0 Å². The Morgan fingerprint density at radius 2 is 1.69 bits per heavy atom. The van der Waals surface area contributed by atoms with Gasteiger partial charge < -0.3 is 23.6 Å². The highest BCUT2D eigenvalue weighted by Crippen LogP contribution is 2.35. The van der Waals surface area contributed by atoms with Crippen molar-refractivity contribution < 1.29 is 36.3 Å². The molecule has 7 nitrogen and oxygen atoms in total. The van der Waals surface area contributed by atoms with E-state index in [2.05, 4.69) is 5.32 Å². The first-order valence-corrected chi connectivity index (χ1v) is 9.75. The number of furan rings is 2. The van der Waals surface area contributed by atoms with E-state index >= 15 is 0 Å². The second kappa shape index (κ2) is 10.9. The minimum atomic E-state index is -4.56. The largest absolute Gasteiger partial charge is 0.489 e. The summed E-state index contributed by atoms with van der Waals surface area (Å²) in [5.74, 6) is 0.866. The lowest BCUT2D eigenvalue weighted by Gasteiger charge is -2.20. The van der Waals surface area contributed by atoms with Gasteiger partial charge in [0.15, 0.2) is 0 Å². The van der Waals surface area contributed by atoms with E-state index in [1.54, 1.807) is 29.2 Å². The number of hydrogen-bond acceptors (Lipinski definition) is 6. The molecule has 0 bridgehead atoms. The van der Waals surface area contributed by atoms with Crippen LogP contribution < -0.4 is 10.1 Å². The number of amides is 1. The Kier molecular flexibility index (Phi) is 7.96. The molecule has 0 radical (unpaired) electrons. The zero-order chi connectivity index (χ0) is 23.0. The van der Waals surface area contributed by atoms with E-state index in [1.807, 2.05) is 0 Å². The lowest BCUT2D eigenvalue weighted by molar-refractivity contribution is -0.137. The van der Waals surface area contributed by atoms with Crippen molar-refractivity contribution in [3.63, 3.8) is 0 Å². The molecule has 0 saturated carbocycles. The first-order valence-electron chi connectivity index (χ1n) is 9.75. The normalized spacial score (nSPS) is 11.7. The maximum Gasteiger partial charge on any atom is 0.416 e. The van der Waals surface area contributed by atoms with E-state index < -0.39 is 17.6 Å². The van der Waals surface area contributed by atoms with Crippen LogP contribution in [0.1, 0.15) is 17.1 Å². The summed E-state index contributed by atoms with van der Waals surface area (Å²) < 4.78 is 60.6. The number of nitrogens with one attached hydrogen (secondary N) is 1. The molecule has 0 aliphatic rings. The van der Waals surface area contributed by atoms with Gasteiger partial charge in [-0.05, 0) is 42.5 Å². The summed E-state index contributed by atoms with van der Waals surface area (Å²) in [6.45, 7) is 0.860. The van der Waals surface area contributed by atoms with Crippen LogP contribution in [0.15, 0.2) is 63.8 Å². The highest BCUT2D eigenvalue weighted by atomic mass is 19.4. The number of benzene rings is 1. The molecule has 172 valence electrons. The van der Waals surface area contributed by atoms with Crippen LogP contribution in [0.4, 0.5) is 18.9 Å². The van der Waals surface area contributed by atoms with Crippen LogP contribution in [0.5, 0.6) is 5.75 Å². The smallest absolute Gasteiger partial charge is 0.416 e. The summed E-state index contributed by atoms with van der Waals surface area (Å²) in [4.78, 5) is 14.5. The Labute approximate surface area is 182 Å². The zero-order valence-corrected chi connectivity index (χ0v) is 17.4. The van der Waals surface area contributed by atoms with E-state index in [0.717, 1.165) is 12.1 Å². The standard InChI is InChI=1S/C22H23F3N2O5/c1-29-10-11-32-20-7-6-16(22(23,24)25)12-19(20)26-21(28)15-27(13-17-4-2-8-30-17)14-18-5-3-9-31-18/h2-9,12H,10-11,13-15H2,1H3,(H,26,28). The number of anilines is 1. The lowest BCUT2D eigenvalue weighted by Crippen LogP contribution is -2.32. The van der Waals surface area contributed by atoms with Crippen LogP contribution in [0.2, 0.25) is 0 Å². The number of nitrogens with zero attached hydrogens (tertiary/aromatic N) is 1. The highest BCUT2D eigenvalue weighted by molar-refractivity contribution is 5.93. The van der Waals surface area contributed by atoms with Gasteiger partial charge in [0.05, 0.1) is 50.0 Å². The van der Waals surface area contributed by atoms with Gasteiger partial charge >= 0.3 is 6.18 Å². The van der Waals surface area contributed by atoms with Crippen LogP contribution in [0.25, 0.3) is 0 Å². The third-order valence-corrected chi connectivity index (χ3v) is 4.41. The average Bonchev–Trinajstić information content (AvgIpc) is 3.42. The van der Waals surface area contributed by atoms with Gasteiger partial charge in [0.1, 0.15) is 23.9 Å². The predicted molar refractivity (Wildman–Crippen MR) is 109 cm³/mol. The molecular weight excluding hydrogens is 429 g/mol. The van der Waals surface area contributed by atoms with Gasteiger partial charge in [-0.2, -0.15) is 13.2 Å². The van der Waals surface area contributed by atoms with Gasteiger partial charge in [-0.3, -0.25) is 9.69 Å². The molecule has 0 aliphatic heterocycles. The number of hydrogen-bond donors (Lipinski definition) is 1. The van der Waals surface area contributed by atoms with Gasteiger partial charge in [-0.1, -0.05) is 0 Å². The molecule has 32 heavy (non-hydrogen) atoms. The first kappa shape index (κ1) is 23.4. The quantitative estimate of drug-likeness (QED) is 0.430. The summed E-state index contributed by atoms with van der Waals surface area (Å²) in [5.41, 5.74) is -0.966. The second-order valence-electron chi connectivity index (χ2n) is 6.90. The third kappa shape index (κ3) is 6.89. The van der Waals surface area contributed by atoms with Gasteiger partial charge in [-0.15, -0.1) is 0 Å². The Morgan fingerprint density at radius 1 is 1.03 bits per heavy atom. The van der Waals surface area contributed by atoms with Crippen LogP contribution in [0, 0.1) is 0 Å². The molecule has 3 aromatic rings. The minimum Gasteiger partial charge on any atom is -0.489 e. The van der Waals surface area contributed by atoms with Crippen LogP contribution in [0.3, 0.4) is 0 Å². The monoisotopic (exact) mass is 452 g/mol. The fourth-order valence-electron chi connectivity index (χ4n) is 2.97. The van der Waals surface area contributed by atoms with Crippen molar-refractivity contribution in [2.45, 2.75) is 19.3 Å². The number of carbonyl (C=O) groups excluding carboxylic acids is 1. The molecule has 0 aliphatic carbocycles. The van der Waals surface area contributed by atoms with Crippen molar-refractivity contribution in [1.82, 2.24) is 4.90 Å². The summed E-state index contributed by atoms with van der Waals surface area (Å²) in [6, 6.07) is 9.92. The molecule has 0 spiro atoms. The average molecular weight is 452 g/mol. The van der Waals surface area contributed by atoms with Crippen molar-refractivity contribution in [1.29, 1.82) is 0 Å². The van der Waals surface area contributed by atoms with Gasteiger partial charge in [0, 0.05) is 7.11 Å². The lowest BCUT2D eigenvalue weighted by atomic mass is 10.1. The van der Waals surface area contributed by atoms with E-state index in [-0.39, 0.29) is 31.2 Å². The molecule has 1 amide bonds.